The van der Waals surface area contributed by atoms with E-state index in [0.717, 1.165) is 83.5 Å². The van der Waals surface area contributed by atoms with Crippen molar-refractivity contribution in [3.8, 4) is 33.5 Å². The predicted octanol–water partition coefficient (Wildman–Crippen LogP) is 14.6. The van der Waals surface area contributed by atoms with Crippen molar-refractivity contribution >= 4 is 75.8 Å². The van der Waals surface area contributed by atoms with Gasteiger partial charge in [0.25, 0.3) is 0 Å². The van der Waals surface area contributed by atoms with E-state index in [9.17, 15) is 0 Å². The molecule has 1 unspecified atom stereocenters. The van der Waals surface area contributed by atoms with Gasteiger partial charge in [-0.3, -0.25) is 4.99 Å². The standard InChI is InChI=1S/C55H35N3OS/c1-3-12-38(13-4-1)52-51-45-32-40(30-31-50(45)60-54(51)44-17-7-9-20-46(44)56-52)34-22-26-36(27-23-34)47-33-48(58-55(57-47)39-14-5-2-6-15-39)37-28-24-35(25-29-37)41-18-11-19-43-42-16-8-10-21-49(42)59-53(41)43/h1-33,55,58H. The molecule has 1 atom stereocenters. The average Bonchev–Trinajstić information content (AvgIpc) is 3.91. The Balaban J connectivity index is 0.907. The summed E-state index contributed by atoms with van der Waals surface area (Å²) in [7, 11) is 0. The van der Waals surface area contributed by atoms with E-state index in [2.05, 4.69) is 187 Å². The maximum absolute atomic E-state index is 6.37. The molecule has 0 spiro atoms. The van der Waals surface area contributed by atoms with Crippen LogP contribution in [0, 0.1) is 0 Å². The van der Waals surface area contributed by atoms with Gasteiger partial charge in [0.1, 0.15) is 17.3 Å². The van der Waals surface area contributed by atoms with Crippen LogP contribution in [-0.4, -0.2) is 10.7 Å². The Morgan fingerprint density at radius 3 is 2.00 bits per heavy atom. The zero-order valence-electron chi connectivity index (χ0n) is 32.3. The molecule has 0 saturated carbocycles. The summed E-state index contributed by atoms with van der Waals surface area (Å²) < 4.78 is 8.91. The molecule has 12 rings (SSSR count). The molecule has 11 aromatic rings. The number of aliphatic imine (C=N–C) groups is 1. The maximum atomic E-state index is 6.37. The van der Waals surface area contributed by atoms with E-state index in [1.165, 1.54) is 31.1 Å². The summed E-state index contributed by atoms with van der Waals surface area (Å²) >= 11 is 1.85. The van der Waals surface area contributed by atoms with Gasteiger partial charge in [0.2, 0.25) is 0 Å². The van der Waals surface area contributed by atoms with Gasteiger partial charge < -0.3 is 9.73 Å². The molecule has 0 saturated heterocycles. The largest absolute Gasteiger partial charge is 0.455 e. The van der Waals surface area contributed by atoms with Crippen molar-refractivity contribution in [2.75, 3.05) is 0 Å². The van der Waals surface area contributed by atoms with Gasteiger partial charge in [-0.05, 0) is 63.7 Å². The number of benzene rings is 8. The van der Waals surface area contributed by atoms with Gasteiger partial charge in [-0.2, -0.15) is 0 Å². The molecule has 8 aromatic carbocycles. The van der Waals surface area contributed by atoms with Gasteiger partial charge in [-0.25, -0.2) is 4.98 Å². The first-order valence-electron chi connectivity index (χ1n) is 20.3. The molecule has 3 aromatic heterocycles. The minimum absolute atomic E-state index is 0.234. The van der Waals surface area contributed by atoms with Gasteiger partial charge >= 0.3 is 0 Å². The first kappa shape index (κ1) is 34.4. The van der Waals surface area contributed by atoms with Crippen LogP contribution in [-0.2, 0) is 0 Å². The lowest BCUT2D eigenvalue weighted by Gasteiger charge is -2.25. The fourth-order valence-electron chi connectivity index (χ4n) is 8.74. The summed E-state index contributed by atoms with van der Waals surface area (Å²) in [6, 6.07) is 68.6. The predicted molar refractivity (Wildman–Crippen MR) is 251 cm³/mol. The average molecular weight is 786 g/mol. The number of pyridine rings is 1. The maximum Gasteiger partial charge on any atom is 0.145 e. The number of fused-ring (bicyclic) bond motifs is 8. The third kappa shape index (κ3) is 5.82. The summed E-state index contributed by atoms with van der Waals surface area (Å²) in [4.78, 5) is 10.5. The van der Waals surface area contributed by atoms with Crippen molar-refractivity contribution in [1.82, 2.24) is 10.3 Å². The third-order valence-corrected chi connectivity index (χ3v) is 12.9. The number of nitrogens with zero attached hydrogens (tertiary/aromatic N) is 2. The zero-order chi connectivity index (χ0) is 39.6. The highest BCUT2D eigenvalue weighted by atomic mass is 32.1. The first-order chi connectivity index (χ1) is 29.7. The van der Waals surface area contributed by atoms with Crippen molar-refractivity contribution in [2.45, 2.75) is 6.17 Å². The molecule has 0 bridgehead atoms. The van der Waals surface area contributed by atoms with Gasteiger partial charge in [-0.15, -0.1) is 11.3 Å². The molecule has 1 aliphatic heterocycles. The fraction of sp³-hybridized carbons (Fsp3) is 0.0182. The molecule has 4 nitrogen and oxygen atoms in total. The summed E-state index contributed by atoms with van der Waals surface area (Å²) in [6.07, 6.45) is 1.94. The summed E-state index contributed by atoms with van der Waals surface area (Å²) in [5.41, 5.74) is 14.7. The fourth-order valence-corrected chi connectivity index (χ4v) is 9.95. The number of furan rings is 1. The molecule has 4 heterocycles. The van der Waals surface area contributed by atoms with E-state index in [0.29, 0.717) is 0 Å². The Labute approximate surface area is 350 Å². The van der Waals surface area contributed by atoms with Gasteiger partial charge in [0.15, 0.2) is 0 Å². The van der Waals surface area contributed by atoms with Crippen LogP contribution in [0.5, 0.6) is 0 Å². The first-order valence-corrected chi connectivity index (χ1v) is 21.1. The van der Waals surface area contributed by atoms with Crippen LogP contribution in [0.15, 0.2) is 210 Å². The summed E-state index contributed by atoms with van der Waals surface area (Å²) in [5.74, 6) is 0. The quantitative estimate of drug-likeness (QED) is 0.183. The van der Waals surface area contributed by atoms with Crippen LogP contribution >= 0.6 is 11.3 Å². The van der Waals surface area contributed by atoms with E-state index in [1.807, 2.05) is 29.5 Å². The number of thiophene rings is 1. The molecule has 0 amide bonds. The van der Waals surface area contributed by atoms with Crippen LogP contribution in [0.3, 0.4) is 0 Å². The number of aromatic nitrogens is 1. The molecule has 282 valence electrons. The normalized spacial score (nSPS) is 14.2. The third-order valence-electron chi connectivity index (χ3n) is 11.7. The molecule has 1 N–H and O–H groups in total. The Hall–Kier alpha value is -7.60. The Morgan fingerprint density at radius 2 is 1.17 bits per heavy atom. The van der Waals surface area contributed by atoms with Crippen molar-refractivity contribution in [2.24, 2.45) is 4.99 Å². The van der Waals surface area contributed by atoms with Crippen molar-refractivity contribution in [3.63, 3.8) is 0 Å². The number of allylic oxidation sites excluding steroid dienone is 1. The van der Waals surface area contributed by atoms with E-state index in [1.54, 1.807) is 0 Å². The highest BCUT2D eigenvalue weighted by Gasteiger charge is 2.21. The molecule has 1 aliphatic rings. The van der Waals surface area contributed by atoms with Crippen LogP contribution in [0.25, 0.3) is 92.2 Å². The number of hydrogen-bond acceptors (Lipinski definition) is 5. The number of hydrogen-bond donors (Lipinski definition) is 1. The van der Waals surface area contributed by atoms with Crippen molar-refractivity contribution < 1.29 is 4.42 Å². The van der Waals surface area contributed by atoms with Crippen LogP contribution in [0.1, 0.15) is 22.9 Å². The van der Waals surface area contributed by atoms with E-state index in [4.69, 9.17) is 14.4 Å². The zero-order valence-corrected chi connectivity index (χ0v) is 33.2. The summed E-state index contributed by atoms with van der Waals surface area (Å²) in [5, 5.41) is 9.64. The van der Waals surface area contributed by atoms with Crippen molar-refractivity contribution in [1.29, 1.82) is 0 Å². The van der Waals surface area contributed by atoms with E-state index >= 15 is 0 Å². The topological polar surface area (TPSA) is 50.4 Å². The minimum Gasteiger partial charge on any atom is -0.455 e. The Morgan fingerprint density at radius 1 is 0.500 bits per heavy atom. The van der Waals surface area contributed by atoms with E-state index < -0.39 is 0 Å². The highest BCUT2D eigenvalue weighted by molar-refractivity contribution is 7.26. The van der Waals surface area contributed by atoms with Gasteiger partial charge in [0.05, 0.1) is 16.9 Å². The lowest BCUT2D eigenvalue weighted by Crippen LogP contribution is -2.24. The monoisotopic (exact) mass is 785 g/mol. The second-order valence-corrected chi connectivity index (χ2v) is 16.4. The van der Waals surface area contributed by atoms with Crippen LogP contribution in [0.2, 0.25) is 0 Å². The van der Waals surface area contributed by atoms with Gasteiger partial charge in [0, 0.05) is 53.2 Å². The lowest BCUT2D eigenvalue weighted by atomic mass is 9.97. The van der Waals surface area contributed by atoms with Crippen molar-refractivity contribution in [3.05, 3.63) is 217 Å². The molecular formula is C55H35N3OS. The Kier molecular flexibility index (Phi) is 8.06. The highest BCUT2D eigenvalue weighted by Crippen LogP contribution is 2.44. The number of nitrogens with one attached hydrogen (secondary N) is 1. The molecule has 0 aliphatic carbocycles. The minimum atomic E-state index is -0.234. The van der Waals surface area contributed by atoms with Gasteiger partial charge in [-0.1, -0.05) is 170 Å². The van der Waals surface area contributed by atoms with Crippen LogP contribution in [0.4, 0.5) is 0 Å². The van der Waals surface area contributed by atoms with E-state index in [-0.39, 0.29) is 6.17 Å². The molecule has 5 heteroatoms. The molecule has 60 heavy (non-hydrogen) atoms. The number of rotatable bonds is 6. The Bertz CT molecular complexity index is 3490. The summed E-state index contributed by atoms with van der Waals surface area (Å²) in [6.45, 7) is 0. The smallest absolute Gasteiger partial charge is 0.145 e. The molecule has 0 fully saturated rings. The lowest BCUT2D eigenvalue weighted by molar-refractivity contribution is 0.664. The molecule has 0 radical (unpaired) electrons. The second kappa shape index (κ2) is 14.0. The second-order valence-electron chi connectivity index (χ2n) is 15.3. The SMILES string of the molecule is C1=C(c2ccc(-c3cccc4c3oc3ccccc34)cc2)NC(c2ccccc2)N=C1c1ccc(-c2ccc3sc4c5ccccc5nc(-c5ccccc5)c4c3c2)cc1. The van der Waals surface area contributed by atoms with Crippen LogP contribution < -0.4 is 5.32 Å². The number of para-hydroxylation sites is 3. The molecular weight excluding hydrogens is 751 g/mol.